The fraction of sp³-hybridized carbons (Fsp3) is 0.474. The Morgan fingerprint density at radius 3 is 2.74 bits per heavy atom. The van der Waals surface area contributed by atoms with Crippen LogP contribution in [0.2, 0.25) is 5.02 Å². The number of nitrogens with zero attached hydrogens (tertiary/aromatic N) is 1. The van der Waals surface area contributed by atoms with E-state index in [1.807, 2.05) is 0 Å². The summed E-state index contributed by atoms with van der Waals surface area (Å²) in [7, 11) is 0. The Bertz CT molecular complexity index is 807. The van der Waals surface area contributed by atoms with Crippen LogP contribution < -0.4 is 10.6 Å². The van der Waals surface area contributed by atoms with Crippen LogP contribution in [0.25, 0.3) is 11.3 Å². The average Bonchev–Trinajstić information content (AvgIpc) is 3.09. The molecule has 0 bridgehead atoms. The number of hydrogen-bond acceptors (Lipinski definition) is 6. The van der Waals surface area contributed by atoms with Crippen LogP contribution in [-0.2, 0) is 4.74 Å². The summed E-state index contributed by atoms with van der Waals surface area (Å²) < 4.78 is 11.6. The molecular weight excluding hydrogens is 370 g/mol. The van der Waals surface area contributed by atoms with Crippen molar-refractivity contribution in [3.8, 4) is 11.3 Å². The van der Waals surface area contributed by atoms with Gasteiger partial charge < -0.3 is 25.0 Å². The maximum Gasteiger partial charge on any atom is 0.343 e. The molecule has 0 saturated carbocycles. The van der Waals surface area contributed by atoms with Gasteiger partial charge in [-0.15, -0.1) is 0 Å². The maximum atomic E-state index is 11.9. The Kier molecular flexibility index (Phi) is 5.08. The van der Waals surface area contributed by atoms with Crippen molar-refractivity contribution < 1.29 is 19.2 Å². The van der Waals surface area contributed by atoms with Gasteiger partial charge in [0.15, 0.2) is 17.1 Å². The van der Waals surface area contributed by atoms with Crippen molar-refractivity contribution in [2.75, 3.05) is 25.0 Å². The van der Waals surface area contributed by atoms with E-state index in [4.69, 9.17) is 20.9 Å². The zero-order valence-corrected chi connectivity index (χ0v) is 15.6. The molecule has 2 saturated heterocycles. The third kappa shape index (κ3) is 3.54. The fourth-order valence-corrected chi connectivity index (χ4v) is 4.15. The van der Waals surface area contributed by atoms with E-state index in [0.29, 0.717) is 10.6 Å². The van der Waals surface area contributed by atoms with Crippen molar-refractivity contribution in [1.82, 2.24) is 10.5 Å². The Morgan fingerprint density at radius 2 is 2.04 bits per heavy atom. The van der Waals surface area contributed by atoms with Gasteiger partial charge >= 0.3 is 5.97 Å². The first-order valence-electron chi connectivity index (χ1n) is 9.19. The zero-order valence-electron chi connectivity index (χ0n) is 14.8. The molecule has 1 aromatic carbocycles. The van der Waals surface area contributed by atoms with Crippen molar-refractivity contribution in [2.45, 2.75) is 37.3 Å². The zero-order chi connectivity index (χ0) is 18.9. The highest BCUT2D eigenvalue weighted by molar-refractivity contribution is 6.30. The summed E-state index contributed by atoms with van der Waals surface area (Å²) in [4.78, 5) is 11.9. The summed E-state index contributed by atoms with van der Waals surface area (Å²) in [6.45, 7) is 2.51. The summed E-state index contributed by atoms with van der Waals surface area (Å²) in [5.74, 6) is -0.613. The van der Waals surface area contributed by atoms with Gasteiger partial charge in [-0.05, 0) is 63.0 Å². The number of aromatic carboxylic acids is 1. The summed E-state index contributed by atoms with van der Waals surface area (Å²) in [6, 6.07) is 6.82. The van der Waals surface area contributed by atoms with Gasteiger partial charge in [0.25, 0.3) is 0 Å². The molecule has 2 aliphatic rings. The molecule has 1 unspecified atom stereocenters. The van der Waals surface area contributed by atoms with E-state index in [9.17, 15) is 9.90 Å². The largest absolute Gasteiger partial charge is 0.477 e. The minimum atomic E-state index is -1.08. The summed E-state index contributed by atoms with van der Waals surface area (Å²) in [5, 5.41) is 21.1. The number of ether oxygens (including phenoxy) is 1. The lowest BCUT2D eigenvalue weighted by molar-refractivity contribution is -0.103. The molecule has 0 aliphatic carbocycles. The van der Waals surface area contributed by atoms with Gasteiger partial charge in [-0.25, -0.2) is 4.79 Å². The van der Waals surface area contributed by atoms with E-state index in [0.717, 1.165) is 45.4 Å². The minimum absolute atomic E-state index is 0.00498. The number of anilines is 1. The van der Waals surface area contributed by atoms with Crippen molar-refractivity contribution in [3.63, 3.8) is 0 Å². The quantitative estimate of drug-likeness (QED) is 0.734. The minimum Gasteiger partial charge on any atom is -0.477 e. The van der Waals surface area contributed by atoms with Gasteiger partial charge in [0.1, 0.15) is 0 Å². The van der Waals surface area contributed by atoms with Crippen LogP contribution in [0.3, 0.4) is 0 Å². The molecule has 0 amide bonds. The third-order valence-electron chi connectivity index (χ3n) is 5.43. The highest BCUT2D eigenvalue weighted by Crippen LogP contribution is 2.37. The highest BCUT2D eigenvalue weighted by atomic mass is 35.5. The molecule has 1 spiro atoms. The Morgan fingerprint density at radius 1 is 1.30 bits per heavy atom. The van der Waals surface area contributed by atoms with E-state index >= 15 is 0 Å². The predicted octanol–water partition coefficient (Wildman–Crippen LogP) is 3.41. The van der Waals surface area contributed by atoms with Gasteiger partial charge in [-0.3, -0.25) is 0 Å². The van der Waals surface area contributed by atoms with Crippen molar-refractivity contribution in [2.24, 2.45) is 0 Å². The molecule has 0 radical (unpaired) electrons. The van der Waals surface area contributed by atoms with Gasteiger partial charge in [0, 0.05) is 17.2 Å². The predicted molar refractivity (Wildman–Crippen MR) is 101 cm³/mol. The average molecular weight is 392 g/mol. The number of halogens is 1. The SMILES string of the molecule is O=C(O)c1c(NC2CCCOC23CCNCC3)noc1-c1ccc(Cl)cc1. The van der Waals surface area contributed by atoms with Gasteiger partial charge in [0.2, 0.25) is 0 Å². The van der Waals surface area contributed by atoms with Crippen LogP contribution in [0.4, 0.5) is 5.82 Å². The van der Waals surface area contributed by atoms with Crippen LogP contribution >= 0.6 is 11.6 Å². The van der Waals surface area contributed by atoms with Crippen molar-refractivity contribution in [1.29, 1.82) is 0 Å². The second kappa shape index (κ2) is 7.50. The Labute approximate surface area is 162 Å². The van der Waals surface area contributed by atoms with Crippen LogP contribution in [0.15, 0.2) is 28.8 Å². The molecule has 2 aromatic rings. The van der Waals surface area contributed by atoms with Crippen LogP contribution in [-0.4, -0.2) is 47.6 Å². The number of benzene rings is 1. The lowest BCUT2D eigenvalue weighted by Crippen LogP contribution is -2.57. The van der Waals surface area contributed by atoms with E-state index in [1.165, 1.54) is 0 Å². The van der Waals surface area contributed by atoms with Crippen LogP contribution in [0.5, 0.6) is 0 Å². The third-order valence-corrected chi connectivity index (χ3v) is 5.69. The first-order chi connectivity index (χ1) is 13.1. The number of carboxylic acids is 1. The molecule has 3 heterocycles. The van der Waals surface area contributed by atoms with Gasteiger partial charge in [-0.2, -0.15) is 0 Å². The molecule has 3 N–H and O–H groups in total. The van der Waals surface area contributed by atoms with E-state index in [2.05, 4.69) is 15.8 Å². The fourth-order valence-electron chi connectivity index (χ4n) is 4.02. The lowest BCUT2D eigenvalue weighted by Gasteiger charge is -2.46. The first kappa shape index (κ1) is 18.3. The molecule has 8 heteroatoms. The maximum absolute atomic E-state index is 11.9. The van der Waals surface area contributed by atoms with Gasteiger partial charge in [-0.1, -0.05) is 16.8 Å². The molecule has 7 nitrogen and oxygen atoms in total. The second-order valence-corrected chi connectivity index (χ2v) is 7.49. The molecule has 1 atom stereocenters. The number of nitrogens with one attached hydrogen (secondary N) is 2. The van der Waals surface area contributed by atoms with Gasteiger partial charge in [0.05, 0.1) is 11.6 Å². The van der Waals surface area contributed by atoms with E-state index < -0.39 is 5.97 Å². The molecule has 27 heavy (non-hydrogen) atoms. The molecule has 144 valence electrons. The molecule has 2 fully saturated rings. The molecule has 1 aromatic heterocycles. The Balaban J connectivity index is 1.65. The monoisotopic (exact) mass is 391 g/mol. The number of carboxylic acid groups (broad SMARTS) is 1. The summed E-state index contributed by atoms with van der Waals surface area (Å²) in [5.41, 5.74) is 0.361. The van der Waals surface area contributed by atoms with E-state index in [1.54, 1.807) is 24.3 Å². The van der Waals surface area contributed by atoms with Crippen LogP contribution in [0.1, 0.15) is 36.0 Å². The topological polar surface area (TPSA) is 96.6 Å². The number of aromatic nitrogens is 1. The molecule has 2 aliphatic heterocycles. The van der Waals surface area contributed by atoms with Crippen molar-refractivity contribution >= 4 is 23.4 Å². The van der Waals surface area contributed by atoms with E-state index in [-0.39, 0.29) is 28.8 Å². The number of carbonyl (C=O) groups is 1. The standard InChI is InChI=1S/C19H22ClN3O4/c20-13-5-3-12(4-6-13)16-15(18(24)25)17(23-27-16)22-14-2-1-11-26-19(14)7-9-21-10-8-19/h3-6,14,21H,1-2,7-11H2,(H,22,23)(H,24,25). The second-order valence-electron chi connectivity index (χ2n) is 7.05. The van der Waals surface area contributed by atoms with Crippen molar-refractivity contribution in [3.05, 3.63) is 34.9 Å². The Hall–Kier alpha value is -2.09. The smallest absolute Gasteiger partial charge is 0.343 e. The lowest BCUT2D eigenvalue weighted by atomic mass is 9.80. The summed E-state index contributed by atoms with van der Waals surface area (Å²) >= 11 is 5.92. The summed E-state index contributed by atoms with van der Waals surface area (Å²) in [6.07, 6.45) is 3.60. The number of hydrogen-bond donors (Lipinski definition) is 3. The molecule has 4 rings (SSSR count). The number of rotatable bonds is 4. The first-order valence-corrected chi connectivity index (χ1v) is 9.57. The normalized spacial score (nSPS) is 21.9. The molecular formula is C19H22ClN3O4. The highest BCUT2D eigenvalue weighted by Gasteiger charge is 2.44. The number of piperidine rings is 1. The van der Waals surface area contributed by atoms with Crippen LogP contribution in [0, 0.1) is 0 Å².